The van der Waals surface area contributed by atoms with Crippen LogP contribution < -0.4 is 5.32 Å². The zero-order valence-corrected chi connectivity index (χ0v) is 13.1. The molecule has 3 rings (SSSR count). The molecule has 0 radical (unpaired) electrons. The Hall–Kier alpha value is -1.35. The van der Waals surface area contributed by atoms with E-state index in [1.165, 1.54) is 5.56 Å². The number of hydrogen-bond donors (Lipinski definition) is 1. The number of benzene rings is 1. The summed E-state index contributed by atoms with van der Waals surface area (Å²) < 4.78 is 0. The Labute approximate surface area is 127 Å². The molecule has 0 bridgehead atoms. The van der Waals surface area contributed by atoms with Crippen LogP contribution in [-0.4, -0.2) is 22.4 Å². The maximum Gasteiger partial charge on any atom is 0.244 e. The first-order valence-electron chi connectivity index (χ1n) is 8.37. The molecule has 1 N–H and O–H groups in total. The lowest BCUT2D eigenvalue weighted by Crippen LogP contribution is -2.45. The fourth-order valence-corrected chi connectivity index (χ4v) is 4.03. The molecule has 3 heteroatoms. The average molecular weight is 286 g/mol. The van der Waals surface area contributed by atoms with Crippen molar-refractivity contribution in [3.8, 4) is 0 Å². The van der Waals surface area contributed by atoms with Gasteiger partial charge in [0.25, 0.3) is 0 Å². The molecular weight excluding hydrogens is 260 g/mol. The molecule has 1 spiro atoms. The molecule has 21 heavy (non-hydrogen) atoms. The Morgan fingerprint density at radius 1 is 1.19 bits per heavy atom. The second-order valence-electron chi connectivity index (χ2n) is 6.43. The summed E-state index contributed by atoms with van der Waals surface area (Å²) >= 11 is 0. The second-order valence-corrected chi connectivity index (χ2v) is 6.43. The van der Waals surface area contributed by atoms with E-state index in [4.69, 9.17) is 0 Å². The van der Waals surface area contributed by atoms with Crippen molar-refractivity contribution in [3.05, 3.63) is 35.9 Å². The van der Waals surface area contributed by atoms with Gasteiger partial charge in [0.1, 0.15) is 6.17 Å². The van der Waals surface area contributed by atoms with Crippen LogP contribution >= 0.6 is 0 Å². The molecule has 1 saturated heterocycles. The van der Waals surface area contributed by atoms with Crippen LogP contribution in [0.15, 0.2) is 30.3 Å². The van der Waals surface area contributed by atoms with E-state index in [1.807, 2.05) is 6.07 Å². The van der Waals surface area contributed by atoms with Gasteiger partial charge in [-0.05, 0) is 31.2 Å². The Morgan fingerprint density at radius 2 is 1.81 bits per heavy atom. The Kier molecular flexibility index (Phi) is 4.03. The summed E-state index contributed by atoms with van der Waals surface area (Å²) in [6.07, 6.45) is 6.39. The van der Waals surface area contributed by atoms with E-state index in [-0.39, 0.29) is 11.7 Å². The Bertz CT molecular complexity index is 489. The molecule has 1 amide bonds. The zero-order valence-electron chi connectivity index (χ0n) is 13.1. The number of carbonyl (C=O) groups is 1. The van der Waals surface area contributed by atoms with E-state index in [1.54, 1.807) is 0 Å². The van der Waals surface area contributed by atoms with Crippen LogP contribution in [0.1, 0.15) is 64.1 Å². The molecule has 3 nitrogen and oxygen atoms in total. The fourth-order valence-electron chi connectivity index (χ4n) is 4.03. The van der Waals surface area contributed by atoms with Crippen LogP contribution in [0.25, 0.3) is 0 Å². The number of amides is 1. The molecule has 1 aliphatic carbocycles. The fraction of sp³-hybridized carbons (Fsp3) is 0.611. The highest BCUT2D eigenvalue weighted by molar-refractivity contribution is 5.89. The van der Waals surface area contributed by atoms with Gasteiger partial charge in [0.05, 0.1) is 5.54 Å². The van der Waals surface area contributed by atoms with Crippen molar-refractivity contribution in [1.29, 1.82) is 0 Å². The lowest BCUT2D eigenvalue weighted by Gasteiger charge is -2.32. The highest BCUT2D eigenvalue weighted by Crippen LogP contribution is 2.42. The van der Waals surface area contributed by atoms with E-state index in [9.17, 15) is 4.79 Å². The van der Waals surface area contributed by atoms with Crippen LogP contribution in [0.4, 0.5) is 0 Å². The number of hydrogen-bond acceptors (Lipinski definition) is 2. The summed E-state index contributed by atoms with van der Waals surface area (Å²) in [4.78, 5) is 15.3. The van der Waals surface area contributed by atoms with Crippen LogP contribution in [0.5, 0.6) is 0 Å². The normalized spacial score (nSPS) is 24.4. The third-order valence-electron chi connectivity index (χ3n) is 5.24. The molecule has 1 heterocycles. The minimum absolute atomic E-state index is 0.0432. The molecule has 1 atom stereocenters. The standard InChI is InChI=1S/C18H26N2O/c1-3-15(4-2)20-16(14-10-6-5-7-11-14)19-18(17(20)21)12-8-9-13-18/h5-7,10-11,15-16,19H,3-4,8-9,12-13H2,1-2H3. The monoisotopic (exact) mass is 286 g/mol. The molecule has 1 aliphatic heterocycles. The van der Waals surface area contributed by atoms with Crippen molar-refractivity contribution in [2.24, 2.45) is 0 Å². The zero-order chi connectivity index (χ0) is 14.9. The van der Waals surface area contributed by atoms with Gasteiger partial charge in [0.15, 0.2) is 0 Å². The van der Waals surface area contributed by atoms with Gasteiger partial charge in [0.2, 0.25) is 5.91 Å². The quantitative estimate of drug-likeness (QED) is 0.917. The largest absolute Gasteiger partial charge is 0.318 e. The van der Waals surface area contributed by atoms with Gasteiger partial charge in [-0.2, -0.15) is 0 Å². The maximum absolute atomic E-state index is 13.1. The van der Waals surface area contributed by atoms with Crippen molar-refractivity contribution in [1.82, 2.24) is 10.2 Å². The Morgan fingerprint density at radius 3 is 2.38 bits per heavy atom. The minimum atomic E-state index is -0.289. The van der Waals surface area contributed by atoms with Crippen LogP contribution in [0, 0.1) is 0 Å². The molecular formula is C18H26N2O. The molecule has 1 saturated carbocycles. The predicted octanol–water partition coefficient (Wildman–Crippen LogP) is 3.62. The molecule has 1 unspecified atom stereocenters. The minimum Gasteiger partial charge on any atom is -0.318 e. The number of nitrogens with one attached hydrogen (secondary N) is 1. The highest BCUT2D eigenvalue weighted by Gasteiger charge is 2.53. The summed E-state index contributed by atoms with van der Waals surface area (Å²) in [7, 11) is 0. The van der Waals surface area contributed by atoms with Gasteiger partial charge >= 0.3 is 0 Å². The summed E-state index contributed by atoms with van der Waals surface area (Å²) in [5.74, 6) is 0.336. The van der Waals surface area contributed by atoms with E-state index >= 15 is 0 Å². The van der Waals surface area contributed by atoms with Crippen LogP contribution in [0.2, 0.25) is 0 Å². The van der Waals surface area contributed by atoms with Gasteiger partial charge in [-0.25, -0.2) is 0 Å². The molecule has 2 aliphatic rings. The van der Waals surface area contributed by atoms with Gasteiger partial charge < -0.3 is 4.90 Å². The van der Waals surface area contributed by atoms with Crippen LogP contribution in [0.3, 0.4) is 0 Å². The van der Waals surface area contributed by atoms with Gasteiger partial charge in [-0.15, -0.1) is 0 Å². The van der Waals surface area contributed by atoms with Crippen molar-refractivity contribution in [3.63, 3.8) is 0 Å². The first kappa shape index (κ1) is 14.6. The molecule has 1 aromatic carbocycles. The predicted molar refractivity (Wildman–Crippen MR) is 84.7 cm³/mol. The first-order chi connectivity index (χ1) is 10.2. The topological polar surface area (TPSA) is 32.3 Å². The van der Waals surface area contributed by atoms with Crippen molar-refractivity contribution in [2.45, 2.75) is 70.1 Å². The molecule has 2 fully saturated rings. The van der Waals surface area contributed by atoms with Crippen molar-refractivity contribution < 1.29 is 4.79 Å². The Balaban J connectivity index is 1.97. The van der Waals surface area contributed by atoms with E-state index in [0.717, 1.165) is 38.5 Å². The van der Waals surface area contributed by atoms with Gasteiger partial charge in [-0.1, -0.05) is 57.0 Å². The number of carbonyl (C=O) groups excluding carboxylic acids is 1. The van der Waals surface area contributed by atoms with Gasteiger partial charge in [-0.3, -0.25) is 10.1 Å². The van der Waals surface area contributed by atoms with Crippen molar-refractivity contribution in [2.75, 3.05) is 0 Å². The van der Waals surface area contributed by atoms with Crippen molar-refractivity contribution >= 4 is 5.91 Å². The summed E-state index contributed by atoms with van der Waals surface area (Å²) in [5.41, 5.74) is 0.921. The molecule has 114 valence electrons. The first-order valence-corrected chi connectivity index (χ1v) is 8.37. The van der Waals surface area contributed by atoms with E-state index in [2.05, 4.69) is 48.3 Å². The number of rotatable bonds is 4. The van der Waals surface area contributed by atoms with E-state index in [0.29, 0.717) is 11.9 Å². The molecule has 0 aromatic heterocycles. The SMILES string of the molecule is CCC(CC)N1C(=O)C2(CCCC2)NC1c1ccccc1. The lowest BCUT2D eigenvalue weighted by molar-refractivity contribution is -0.135. The summed E-state index contributed by atoms with van der Waals surface area (Å²) in [6.45, 7) is 4.37. The van der Waals surface area contributed by atoms with Crippen LogP contribution in [-0.2, 0) is 4.79 Å². The second kappa shape index (κ2) is 5.80. The highest BCUT2D eigenvalue weighted by atomic mass is 16.2. The third kappa shape index (κ3) is 2.38. The summed E-state index contributed by atoms with van der Waals surface area (Å²) in [6, 6.07) is 10.8. The smallest absolute Gasteiger partial charge is 0.244 e. The average Bonchev–Trinajstić information content (AvgIpc) is 3.10. The van der Waals surface area contributed by atoms with E-state index < -0.39 is 0 Å². The summed E-state index contributed by atoms with van der Waals surface area (Å²) in [5, 5.41) is 3.71. The van der Waals surface area contributed by atoms with Gasteiger partial charge in [0, 0.05) is 6.04 Å². The number of nitrogens with zero attached hydrogens (tertiary/aromatic N) is 1. The lowest BCUT2D eigenvalue weighted by atomic mass is 9.97. The molecule has 1 aromatic rings. The maximum atomic E-state index is 13.1. The third-order valence-corrected chi connectivity index (χ3v) is 5.24.